The van der Waals surface area contributed by atoms with E-state index in [2.05, 4.69) is 0 Å². The Morgan fingerprint density at radius 3 is 1.00 bits per heavy atom. The summed E-state index contributed by atoms with van der Waals surface area (Å²) in [5, 5.41) is 0. The van der Waals surface area contributed by atoms with Crippen LogP contribution in [0.15, 0.2) is 0 Å². The number of rotatable bonds is 0. The van der Waals surface area contributed by atoms with Crippen molar-refractivity contribution in [3.8, 4) is 0 Å². The van der Waals surface area contributed by atoms with Crippen molar-refractivity contribution in [2.45, 2.75) is 0 Å². The minimum atomic E-state index is -2.15. The van der Waals surface area contributed by atoms with Crippen LogP contribution >= 0.6 is 0 Å². The van der Waals surface area contributed by atoms with Crippen molar-refractivity contribution in [3.63, 3.8) is 0 Å². The predicted octanol–water partition coefficient (Wildman–Crippen LogP) is -3.00. The van der Waals surface area contributed by atoms with E-state index < -0.39 is 40.2 Å². The summed E-state index contributed by atoms with van der Waals surface area (Å²) in [5.41, 5.74) is 0. The van der Waals surface area contributed by atoms with Crippen LogP contribution in [0.4, 0.5) is 0 Å². The quantitative estimate of drug-likeness (QED) is 0.364. The van der Waals surface area contributed by atoms with E-state index in [9.17, 15) is 0 Å². The monoisotopic (exact) mass is 458 g/mol. The first kappa shape index (κ1) is 16.0. The Bertz CT molecular complexity index is 30.7. The topological polar surface area (TPSA) is 80.3 Å². The molecule has 0 atom stereocenters. The molecule has 0 saturated heterocycles. The van der Waals surface area contributed by atoms with E-state index in [1.54, 1.807) is 0 Å². The van der Waals surface area contributed by atoms with Crippen LogP contribution < -0.4 is 7.23 Å². The molecule has 0 aliphatic carbocycles. The van der Waals surface area contributed by atoms with Gasteiger partial charge in [-0.2, -0.15) is 0 Å². The predicted molar refractivity (Wildman–Crippen MR) is 7.13 cm³/mol. The van der Waals surface area contributed by atoms with E-state index in [4.69, 9.17) is 13.7 Å². The second-order valence-corrected chi connectivity index (χ2v) is 0.882. The van der Waals surface area contributed by atoms with Gasteiger partial charge in [0.25, 0.3) is 0 Å². The molecule has 0 aromatic heterocycles. The van der Waals surface area contributed by atoms with Gasteiger partial charge in [0.1, 0.15) is 0 Å². The smallest absolute Gasteiger partial charge is 2.00 e. The van der Waals surface area contributed by atoms with Gasteiger partial charge in [0, 0.05) is 0 Å². The van der Waals surface area contributed by atoms with Crippen LogP contribution in [0.2, 0.25) is 0 Å². The van der Waals surface area contributed by atoms with Crippen molar-refractivity contribution in [1.82, 2.24) is 0 Å². The summed E-state index contributed by atoms with van der Waals surface area (Å²) in [6.07, 6.45) is 0. The summed E-state index contributed by atoms with van der Waals surface area (Å²) >= 11 is -4.30. The van der Waals surface area contributed by atoms with Crippen LogP contribution in [0.1, 0.15) is 0 Å². The average molecular weight is 457 g/mol. The summed E-state index contributed by atoms with van der Waals surface area (Å²) in [6, 6.07) is 0. The van der Waals surface area contributed by atoms with Gasteiger partial charge in [0.15, 0.2) is 0 Å². The van der Waals surface area contributed by atoms with Gasteiger partial charge in [-0.25, -0.2) is 0 Å². The Hall–Kier alpha value is 1.92. The molecule has 7 heteroatoms. The fourth-order valence-corrected chi connectivity index (χ4v) is 0. The largest absolute Gasteiger partial charge is 2.00 e. The third-order valence-corrected chi connectivity index (χ3v) is 0. The Labute approximate surface area is 80.2 Å². The zero-order valence-electron chi connectivity index (χ0n) is 3.03. The van der Waals surface area contributed by atoms with Gasteiger partial charge < -0.3 is 0 Å². The van der Waals surface area contributed by atoms with Gasteiger partial charge >= 0.3 is 81.3 Å². The van der Waals surface area contributed by atoms with Crippen molar-refractivity contribution in [1.29, 1.82) is 0 Å². The van der Waals surface area contributed by atoms with Crippen LogP contribution in [0.3, 0.4) is 0 Å². The molecule has 0 fully saturated rings. The fourth-order valence-electron chi connectivity index (χ4n) is 0. The molecule has 0 aromatic carbocycles. The SMILES string of the molecule is [O]=[Nb][O-].[O]=[Nb][O-].[Pb+2]. The number of hydrogen-bond acceptors (Lipinski definition) is 4. The minimum absolute atomic E-state index is 0. The molecule has 0 N–H and O–H groups in total. The molecule has 2 radical (unpaired) electrons. The zero-order valence-corrected chi connectivity index (χ0v) is 11.3. The maximum atomic E-state index is 8.52. The van der Waals surface area contributed by atoms with Crippen molar-refractivity contribution >= 4 is 27.3 Å². The molecule has 0 rings (SSSR count). The minimum Gasteiger partial charge on any atom is 2.00 e. The first-order valence-electron chi connectivity index (χ1n) is 0.730. The van der Waals surface area contributed by atoms with Gasteiger partial charge in [0.2, 0.25) is 0 Å². The fraction of sp³-hybridized carbons (Fsp3) is 0. The van der Waals surface area contributed by atoms with Gasteiger partial charge in [-0.05, 0) is 0 Å². The Balaban J connectivity index is -0.0000000400. The third-order valence-electron chi connectivity index (χ3n) is 0. The Kier molecular flexibility index (Phi) is 56.3. The Morgan fingerprint density at radius 1 is 1.00 bits per heavy atom. The van der Waals surface area contributed by atoms with Gasteiger partial charge in [-0.3, -0.25) is 0 Å². The second-order valence-electron chi connectivity index (χ2n) is 0.149. The van der Waals surface area contributed by atoms with Crippen molar-refractivity contribution in [2.24, 2.45) is 0 Å². The van der Waals surface area contributed by atoms with Crippen LogP contribution in [-0.4, -0.2) is 27.3 Å². The van der Waals surface area contributed by atoms with Crippen LogP contribution in [0, 0.1) is 0 Å². The maximum absolute atomic E-state index is 8.52. The van der Waals surface area contributed by atoms with E-state index in [1.165, 1.54) is 0 Å². The van der Waals surface area contributed by atoms with Crippen molar-refractivity contribution < 1.29 is 54.0 Å². The summed E-state index contributed by atoms with van der Waals surface area (Å²) in [6.45, 7) is 0. The summed E-state index contributed by atoms with van der Waals surface area (Å²) in [5.74, 6) is 0. The average Bonchev–Trinajstić information content (AvgIpc) is 1.39. The molecule has 0 amide bonds. The van der Waals surface area contributed by atoms with Crippen LogP contribution in [-0.2, 0) is 46.7 Å². The summed E-state index contributed by atoms with van der Waals surface area (Å²) in [4.78, 5) is 0. The molecule has 0 aliphatic rings. The molecule has 0 spiro atoms. The third kappa shape index (κ3) is 75.2. The molecule has 4 nitrogen and oxygen atoms in total. The Morgan fingerprint density at radius 2 is 1.00 bits per heavy atom. The van der Waals surface area contributed by atoms with E-state index in [0.29, 0.717) is 0 Å². The summed E-state index contributed by atoms with van der Waals surface area (Å²) in [7, 11) is 0. The van der Waals surface area contributed by atoms with E-state index in [1.807, 2.05) is 0 Å². The second kappa shape index (κ2) is 24.7. The molecule has 0 bridgehead atoms. The maximum Gasteiger partial charge on any atom is 2.00 e. The molecule has 38 valence electrons. The van der Waals surface area contributed by atoms with E-state index in [0.717, 1.165) is 0 Å². The molecule has 0 aliphatic heterocycles. The van der Waals surface area contributed by atoms with Crippen LogP contribution in [0.25, 0.3) is 0 Å². The first-order valence-corrected chi connectivity index (χ1v) is 4.32. The molecular weight excluding hydrogens is 457 g/mol. The summed E-state index contributed by atoms with van der Waals surface area (Å²) < 4.78 is 34.1. The molecule has 0 heterocycles. The van der Waals surface area contributed by atoms with Crippen molar-refractivity contribution in [2.75, 3.05) is 0 Å². The van der Waals surface area contributed by atoms with Gasteiger partial charge in [0.05, 0.1) is 0 Å². The van der Waals surface area contributed by atoms with Gasteiger partial charge in [-0.1, -0.05) is 0 Å². The van der Waals surface area contributed by atoms with E-state index in [-0.39, 0.29) is 27.3 Å². The first-order chi connectivity index (χ1) is 2.83. The zero-order chi connectivity index (χ0) is 5.41. The molecule has 7 heavy (non-hydrogen) atoms. The normalized spacial score (nSPS) is 3.71. The molecule has 0 aromatic rings. The van der Waals surface area contributed by atoms with E-state index >= 15 is 0 Å². The molecular formula is Nb2O4Pb. The molecule has 0 unspecified atom stereocenters. The standard InChI is InChI=1S/2Nb.4O.Pb/q;;;;2*-1;+2. The molecule has 0 saturated carbocycles. The van der Waals surface area contributed by atoms with Gasteiger partial charge in [-0.15, -0.1) is 0 Å². The number of hydrogen-bond donors (Lipinski definition) is 0. The van der Waals surface area contributed by atoms with Crippen LogP contribution in [0.5, 0.6) is 0 Å². The van der Waals surface area contributed by atoms with Crippen molar-refractivity contribution in [3.05, 3.63) is 0 Å².